The second kappa shape index (κ2) is 5.01. The lowest BCUT2D eigenvalue weighted by atomic mass is 10.2. The Morgan fingerprint density at radius 3 is 3.10 bits per heavy atom. The van der Waals surface area contributed by atoms with Gasteiger partial charge in [-0.15, -0.1) is 11.3 Å². The number of thiazole rings is 1. The van der Waals surface area contributed by atoms with Gasteiger partial charge in [-0.3, -0.25) is 4.98 Å². The van der Waals surface area contributed by atoms with Crippen molar-refractivity contribution < 1.29 is 4.42 Å². The van der Waals surface area contributed by atoms with Crippen LogP contribution in [0.3, 0.4) is 0 Å². The SMILES string of the molecule is CCc1cnc(CNc2cc3[nH]c(=O)oc3cc2N)s1. The van der Waals surface area contributed by atoms with Gasteiger partial charge in [0.25, 0.3) is 0 Å². The Hall–Kier alpha value is -2.28. The van der Waals surface area contributed by atoms with Gasteiger partial charge in [-0.05, 0) is 12.5 Å². The predicted octanol–water partition coefficient (Wildman–Crippen LogP) is 2.33. The molecule has 1 aromatic carbocycles. The summed E-state index contributed by atoms with van der Waals surface area (Å²) in [6.45, 7) is 2.70. The smallest absolute Gasteiger partial charge is 0.408 e. The monoisotopic (exact) mass is 290 g/mol. The van der Waals surface area contributed by atoms with Gasteiger partial charge >= 0.3 is 5.76 Å². The van der Waals surface area contributed by atoms with E-state index in [1.807, 2.05) is 6.20 Å². The predicted molar refractivity (Wildman–Crippen MR) is 80.1 cm³/mol. The summed E-state index contributed by atoms with van der Waals surface area (Å²) in [7, 11) is 0. The van der Waals surface area contributed by atoms with Gasteiger partial charge in [0.1, 0.15) is 5.01 Å². The molecule has 0 unspecified atom stereocenters. The highest BCUT2D eigenvalue weighted by atomic mass is 32.1. The number of hydrogen-bond acceptors (Lipinski definition) is 6. The maximum Gasteiger partial charge on any atom is 0.417 e. The molecule has 0 saturated carbocycles. The van der Waals surface area contributed by atoms with Crippen LogP contribution in [0.25, 0.3) is 11.1 Å². The number of rotatable bonds is 4. The number of hydrogen-bond donors (Lipinski definition) is 3. The number of nitrogens with zero attached hydrogens (tertiary/aromatic N) is 1. The van der Waals surface area contributed by atoms with E-state index in [1.54, 1.807) is 23.5 Å². The molecule has 6 nitrogen and oxygen atoms in total. The fourth-order valence-corrected chi connectivity index (χ4v) is 2.73. The van der Waals surface area contributed by atoms with Crippen molar-refractivity contribution in [3.8, 4) is 0 Å². The number of anilines is 2. The number of fused-ring (bicyclic) bond motifs is 1. The van der Waals surface area contributed by atoms with Crippen LogP contribution in [0.4, 0.5) is 11.4 Å². The summed E-state index contributed by atoms with van der Waals surface area (Å²) in [6, 6.07) is 3.40. The molecule has 104 valence electrons. The van der Waals surface area contributed by atoms with E-state index in [-0.39, 0.29) is 0 Å². The van der Waals surface area contributed by atoms with E-state index < -0.39 is 5.76 Å². The summed E-state index contributed by atoms with van der Waals surface area (Å²) in [5.41, 5.74) is 8.31. The third kappa shape index (κ3) is 2.39. The van der Waals surface area contributed by atoms with Crippen LogP contribution in [0.1, 0.15) is 16.8 Å². The minimum absolute atomic E-state index is 0.459. The maximum atomic E-state index is 11.1. The van der Waals surface area contributed by atoms with Gasteiger partial charge in [0.05, 0.1) is 23.4 Å². The Bertz CT molecular complexity index is 802. The molecule has 0 radical (unpaired) electrons. The van der Waals surface area contributed by atoms with E-state index >= 15 is 0 Å². The molecule has 0 aliphatic rings. The van der Waals surface area contributed by atoms with Crippen molar-refractivity contribution in [1.29, 1.82) is 0 Å². The van der Waals surface area contributed by atoms with Crippen LogP contribution in [0.5, 0.6) is 0 Å². The van der Waals surface area contributed by atoms with E-state index in [1.165, 1.54) is 4.88 Å². The number of H-pyrrole nitrogens is 1. The molecule has 0 saturated heterocycles. The molecular weight excluding hydrogens is 276 g/mol. The number of nitrogen functional groups attached to an aromatic ring is 1. The minimum Gasteiger partial charge on any atom is -0.408 e. The standard InChI is InChI=1S/C13H14N4O2S/c1-2-7-5-16-12(20-7)6-15-9-4-10-11(3-8(9)14)19-13(18)17-10/h3-5,15H,2,6,14H2,1H3,(H,17,18). The zero-order chi connectivity index (χ0) is 14.1. The van der Waals surface area contributed by atoms with Crippen molar-refractivity contribution in [1.82, 2.24) is 9.97 Å². The summed E-state index contributed by atoms with van der Waals surface area (Å²) in [4.78, 5) is 19.3. The van der Waals surface area contributed by atoms with Crippen LogP contribution in [0.15, 0.2) is 27.5 Å². The highest BCUT2D eigenvalue weighted by Gasteiger charge is 2.07. The third-order valence-corrected chi connectivity index (χ3v) is 4.11. The average Bonchev–Trinajstić information content (AvgIpc) is 3.01. The normalized spacial score (nSPS) is 11.1. The van der Waals surface area contributed by atoms with Gasteiger partial charge in [0.15, 0.2) is 5.58 Å². The molecule has 20 heavy (non-hydrogen) atoms. The largest absolute Gasteiger partial charge is 0.417 e. The molecule has 3 rings (SSSR count). The van der Waals surface area contributed by atoms with Crippen LogP contribution < -0.4 is 16.8 Å². The lowest BCUT2D eigenvalue weighted by Crippen LogP contribution is -2.02. The summed E-state index contributed by atoms with van der Waals surface area (Å²) in [5.74, 6) is -0.482. The van der Waals surface area contributed by atoms with Gasteiger partial charge in [0.2, 0.25) is 0 Å². The molecule has 0 amide bonds. The lowest BCUT2D eigenvalue weighted by Gasteiger charge is -2.07. The molecule has 0 atom stereocenters. The molecule has 0 spiro atoms. The van der Waals surface area contributed by atoms with Crippen molar-refractivity contribution >= 4 is 33.8 Å². The molecule has 0 bridgehead atoms. The van der Waals surface area contributed by atoms with Crippen molar-refractivity contribution in [2.45, 2.75) is 19.9 Å². The number of oxazole rings is 1. The zero-order valence-electron chi connectivity index (χ0n) is 10.9. The molecule has 0 aliphatic heterocycles. The van der Waals surface area contributed by atoms with E-state index in [9.17, 15) is 4.79 Å². The van der Waals surface area contributed by atoms with Gasteiger partial charge < -0.3 is 15.5 Å². The van der Waals surface area contributed by atoms with Crippen LogP contribution in [-0.2, 0) is 13.0 Å². The third-order valence-electron chi connectivity index (χ3n) is 2.97. The molecular formula is C13H14N4O2S. The number of nitrogens with one attached hydrogen (secondary N) is 2. The molecule has 0 aliphatic carbocycles. The maximum absolute atomic E-state index is 11.1. The van der Waals surface area contributed by atoms with Crippen LogP contribution in [-0.4, -0.2) is 9.97 Å². The average molecular weight is 290 g/mol. The first kappa shape index (κ1) is 12.7. The van der Waals surface area contributed by atoms with Crippen molar-refractivity contribution in [2.24, 2.45) is 0 Å². The van der Waals surface area contributed by atoms with Crippen LogP contribution in [0.2, 0.25) is 0 Å². The molecule has 3 aromatic rings. The Balaban J connectivity index is 1.82. The Labute approximate surface area is 118 Å². The molecule has 2 aromatic heterocycles. The van der Waals surface area contributed by atoms with E-state index in [2.05, 4.69) is 22.2 Å². The molecule has 7 heteroatoms. The first-order chi connectivity index (χ1) is 9.65. The number of nitrogens with two attached hydrogens (primary N) is 1. The number of aromatic amines is 1. The van der Waals surface area contributed by atoms with Gasteiger partial charge in [-0.2, -0.15) is 0 Å². The number of aryl methyl sites for hydroxylation is 1. The summed E-state index contributed by atoms with van der Waals surface area (Å²) in [5, 5.41) is 4.23. The second-order valence-electron chi connectivity index (χ2n) is 4.38. The number of benzene rings is 1. The van der Waals surface area contributed by atoms with Crippen LogP contribution in [0, 0.1) is 0 Å². The first-order valence-electron chi connectivity index (χ1n) is 6.25. The second-order valence-corrected chi connectivity index (χ2v) is 5.58. The lowest BCUT2D eigenvalue weighted by molar-refractivity contribution is 0.555. The highest BCUT2D eigenvalue weighted by molar-refractivity contribution is 7.11. The van der Waals surface area contributed by atoms with Crippen molar-refractivity contribution in [3.05, 3.63) is 38.8 Å². The molecule has 4 N–H and O–H groups in total. The van der Waals surface area contributed by atoms with Crippen LogP contribution >= 0.6 is 11.3 Å². The number of aromatic nitrogens is 2. The molecule has 2 heterocycles. The zero-order valence-corrected chi connectivity index (χ0v) is 11.7. The van der Waals surface area contributed by atoms with E-state index in [4.69, 9.17) is 10.2 Å². The van der Waals surface area contributed by atoms with Gasteiger partial charge in [0, 0.05) is 17.1 Å². The van der Waals surface area contributed by atoms with E-state index in [0.29, 0.717) is 23.3 Å². The Morgan fingerprint density at radius 2 is 2.35 bits per heavy atom. The first-order valence-corrected chi connectivity index (χ1v) is 7.07. The summed E-state index contributed by atoms with van der Waals surface area (Å²) < 4.78 is 4.96. The van der Waals surface area contributed by atoms with E-state index in [0.717, 1.165) is 17.1 Å². The van der Waals surface area contributed by atoms with Gasteiger partial charge in [-0.25, -0.2) is 9.78 Å². The highest BCUT2D eigenvalue weighted by Crippen LogP contribution is 2.25. The topological polar surface area (TPSA) is 96.9 Å². The fraction of sp³-hybridized carbons (Fsp3) is 0.231. The Kier molecular flexibility index (Phi) is 3.19. The fourth-order valence-electron chi connectivity index (χ4n) is 1.93. The van der Waals surface area contributed by atoms with Crippen molar-refractivity contribution in [3.63, 3.8) is 0 Å². The molecule has 0 fully saturated rings. The Morgan fingerprint density at radius 1 is 1.50 bits per heavy atom. The van der Waals surface area contributed by atoms with Gasteiger partial charge in [-0.1, -0.05) is 6.92 Å². The summed E-state index contributed by atoms with van der Waals surface area (Å²) in [6.07, 6.45) is 2.88. The quantitative estimate of drug-likeness (QED) is 0.641. The summed E-state index contributed by atoms with van der Waals surface area (Å²) >= 11 is 1.67. The van der Waals surface area contributed by atoms with Crippen molar-refractivity contribution in [2.75, 3.05) is 11.1 Å². The minimum atomic E-state index is -0.482.